The molecule has 2 nitrogen and oxygen atoms in total. The number of phenolic OH excluding ortho intramolecular Hbond substituents is 1. The van der Waals surface area contributed by atoms with Crippen LogP contribution in [0, 0.1) is 5.41 Å². The fraction of sp³-hybridized carbons (Fsp3) is 0.400. The zero-order valence-electron chi connectivity index (χ0n) is 10.5. The molecule has 3 rings (SSSR count). The van der Waals surface area contributed by atoms with Crippen LogP contribution in [0.25, 0.3) is 5.57 Å². The van der Waals surface area contributed by atoms with Gasteiger partial charge in [0.1, 0.15) is 5.75 Å². The average Bonchev–Trinajstić information content (AvgIpc) is 2.64. The number of ketones is 1. The first-order valence-corrected chi connectivity index (χ1v) is 6.57. The fourth-order valence-electron chi connectivity index (χ4n) is 3.40. The average molecular weight is 263 g/mol. The third-order valence-electron chi connectivity index (χ3n) is 4.36. The van der Waals surface area contributed by atoms with Crippen molar-refractivity contribution in [3.8, 4) is 5.75 Å². The Bertz CT molecular complexity index is 601. The minimum atomic E-state index is -0.00222. The molecule has 1 N–H and O–H groups in total. The lowest BCUT2D eigenvalue weighted by atomic mass is 9.71. The van der Waals surface area contributed by atoms with Crippen LogP contribution in [-0.2, 0) is 11.2 Å². The number of benzene rings is 1. The second-order valence-corrected chi connectivity index (χ2v) is 5.96. The molecule has 1 aromatic rings. The monoisotopic (exact) mass is 262 g/mol. The summed E-state index contributed by atoms with van der Waals surface area (Å²) in [5, 5.41) is 10.1. The molecule has 0 saturated heterocycles. The van der Waals surface area contributed by atoms with Crippen molar-refractivity contribution in [2.45, 2.75) is 33.1 Å². The van der Waals surface area contributed by atoms with Crippen molar-refractivity contribution < 1.29 is 9.90 Å². The molecule has 0 amide bonds. The van der Waals surface area contributed by atoms with Crippen LogP contribution in [-0.4, -0.2) is 10.9 Å². The van der Waals surface area contributed by atoms with Gasteiger partial charge in [-0.25, -0.2) is 0 Å². The molecule has 18 heavy (non-hydrogen) atoms. The summed E-state index contributed by atoms with van der Waals surface area (Å²) in [5.41, 5.74) is 4.03. The number of Topliss-reactive ketones (excluding diaryl/α,β-unsaturated/α-hetero) is 1. The minimum absolute atomic E-state index is 0.00222. The van der Waals surface area contributed by atoms with Crippen molar-refractivity contribution >= 4 is 23.0 Å². The highest BCUT2D eigenvalue weighted by Gasteiger charge is 2.43. The van der Waals surface area contributed by atoms with Gasteiger partial charge in [-0.05, 0) is 53.5 Å². The van der Waals surface area contributed by atoms with Gasteiger partial charge in [0.15, 0.2) is 5.78 Å². The Morgan fingerprint density at radius 2 is 2.11 bits per heavy atom. The van der Waals surface area contributed by atoms with E-state index in [1.54, 1.807) is 6.07 Å². The topological polar surface area (TPSA) is 37.3 Å². The predicted octanol–water partition coefficient (Wildman–Crippen LogP) is 3.74. The van der Waals surface area contributed by atoms with Crippen molar-refractivity contribution in [2.75, 3.05) is 0 Å². The van der Waals surface area contributed by atoms with E-state index in [-0.39, 0.29) is 16.9 Å². The number of allylic oxidation sites excluding steroid dienone is 2. The molecule has 0 bridgehead atoms. The number of aromatic hydroxyl groups is 1. The Labute approximate surface area is 111 Å². The Morgan fingerprint density at radius 3 is 2.83 bits per heavy atom. The number of fused-ring (bicyclic) bond motifs is 3. The van der Waals surface area contributed by atoms with Crippen LogP contribution in [0.1, 0.15) is 37.8 Å². The van der Waals surface area contributed by atoms with Crippen molar-refractivity contribution in [2.24, 2.45) is 5.41 Å². The Morgan fingerprint density at radius 1 is 1.39 bits per heavy atom. The quantitative estimate of drug-likeness (QED) is 0.773. The van der Waals surface area contributed by atoms with Gasteiger partial charge in [-0.1, -0.05) is 24.6 Å². The Balaban J connectivity index is 2.31. The molecule has 0 aromatic heterocycles. The standard InChI is InChI=1S/C15H15ClO2/c1-8-11(17)5-6-15(2)7-10-9(13(8)15)3-4-12(18)14(10)16/h3-4,18H,5-7H2,1-2H3. The largest absolute Gasteiger partial charge is 0.506 e. The van der Waals surface area contributed by atoms with E-state index in [9.17, 15) is 9.90 Å². The molecule has 94 valence electrons. The summed E-state index contributed by atoms with van der Waals surface area (Å²) in [5.74, 6) is 0.363. The molecular weight excluding hydrogens is 248 g/mol. The van der Waals surface area contributed by atoms with E-state index in [2.05, 4.69) is 6.92 Å². The number of rotatable bonds is 0. The lowest BCUT2D eigenvalue weighted by Crippen LogP contribution is -2.24. The lowest BCUT2D eigenvalue weighted by molar-refractivity contribution is -0.116. The van der Waals surface area contributed by atoms with Crippen LogP contribution in [0.4, 0.5) is 0 Å². The van der Waals surface area contributed by atoms with E-state index in [4.69, 9.17) is 11.6 Å². The molecule has 1 aromatic carbocycles. The lowest BCUT2D eigenvalue weighted by Gasteiger charge is -2.31. The first kappa shape index (κ1) is 11.8. The van der Waals surface area contributed by atoms with Crippen molar-refractivity contribution in [3.63, 3.8) is 0 Å². The van der Waals surface area contributed by atoms with E-state index in [1.807, 2.05) is 13.0 Å². The maximum absolute atomic E-state index is 11.9. The molecule has 2 aliphatic rings. The Hall–Kier alpha value is -1.28. The molecule has 0 fully saturated rings. The van der Waals surface area contributed by atoms with Gasteiger partial charge >= 0.3 is 0 Å². The first-order chi connectivity index (χ1) is 8.44. The van der Waals surface area contributed by atoms with E-state index in [1.165, 1.54) is 0 Å². The third kappa shape index (κ3) is 1.39. The van der Waals surface area contributed by atoms with E-state index >= 15 is 0 Å². The van der Waals surface area contributed by atoms with Gasteiger partial charge in [0.25, 0.3) is 0 Å². The summed E-state index contributed by atoms with van der Waals surface area (Å²) < 4.78 is 0. The van der Waals surface area contributed by atoms with Crippen LogP contribution in [0.5, 0.6) is 5.75 Å². The van der Waals surface area contributed by atoms with E-state index in [0.717, 1.165) is 35.1 Å². The molecular formula is C15H15ClO2. The van der Waals surface area contributed by atoms with E-state index < -0.39 is 0 Å². The highest BCUT2D eigenvalue weighted by Crippen LogP contribution is 2.55. The summed E-state index contributed by atoms with van der Waals surface area (Å²) >= 11 is 6.19. The highest BCUT2D eigenvalue weighted by atomic mass is 35.5. The summed E-state index contributed by atoms with van der Waals surface area (Å²) in [6.07, 6.45) is 2.29. The van der Waals surface area contributed by atoms with Crippen LogP contribution in [0.2, 0.25) is 5.02 Å². The fourth-order valence-corrected chi connectivity index (χ4v) is 3.64. The zero-order chi connectivity index (χ0) is 13.1. The molecule has 1 unspecified atom stereocenters. The number of phenols is 1. The van der Waals surface area contributed by atoms with Gasteiger partial charge in [-0.3, -0.25) is 4.79 Å². The molecule has 0 saturated carbocycles. The zero-order valence-corrected chi connectivity index (χ0v) is 11.3. The van der Waals surface area contributed by atoms with Crippen molar-refractivity contribution in [1.29, 1.82) is 0 Å². The van der Waals surface area contributed by atoms with Crippen LogP contribution in [0.3, 0.4) is 0 Å². The maximum atomic E-state index is 11.9. The molecule has 0 spiro atoms. The number of hydrogen-bond acceptors (Lipinski definition) is 2. The van der Waals surface area contributed by atoms with E-state index in [0.29, 0.717) is 11.4 Å². The van der Waals surface area contributed by atoms with Crippen LogP contribution < -0.4 is 0 Å². The number of carbonyl (C=O) groups excluding carboxylic acids is 1. The summed E-state index contributed by atoms with van der Waals surface area (Å²) in [4.78, 5) is 11.9. The number of halogens is 1. The minimum Gasteiger partial charge on any atom is -0.506 e. The molecule has 0 heterocycles. The van der Waals surface area contributed by atoms with Gasteiger partial charge in [-0.2, -0.15) is 0 Å². The van der Waals surface area contributed by atoms with Gasteiger partial charge in [0.2, 0.25) is 0 Å². The molecule has 2 aliphatic carbocycles. The second-order valence-electron chi connectivity index (χ2n) is 5.59. The summed E-state index contributed by atoms with van der Waals surface area (Å²) in [6.45, 7) is 4.09. The van der Waals surface area contributed by atoms with Crippen molar-refractivity contribution in [1.82, 2.24) is 0 Å². The van der Waals surface area contributed by atoms with Crippen molar-refractivity contribution in [3.05, 3.63) is 33.9 Å². The van der Waals surface area contributed by atoms with Gasteiger partial charge in [0, 0.05) is 6.42 Å². The molecule has 0 radical (unpaired) electrons. The van der Waals surface area contributed by atoms with Gasteiger partial charge in [-0.15, -0.1) is 0 Å². The first-order valence-electron chi connectivity index (χ1n) is 6.19. The second kappa shape index (κ2) is 3.61. The molecule has 0 aliphatic heterocycles. The summed E-state index contributed by atoms with van der Waals surface area (Å²) in [6, 6.07) is 3.51. The van der Waals surface area contributed by atoms with Crippen LogP contribution in [0.15, 0.2) is 17.7 Å². The summed E-state index contributed by atoms with van der Waals surface area (Å²) in [7, 11) is 0. The predicted molar refractivity (Wildman–Crippen MR) is 71.8 cm³/mol. The van der Waals surface area contributed by atoms with Gasteiger partial charge < -0.3 is 5.11 Å². The number of hydrogen-bond donors (Lipinski definition) is 1. The highest BCUT2D eigenvalue weighted by molar-refractivity contribution is 6.33. The molecule has 1 atom stereocenters. The maximum Gasteiger partial charge on any atom is 0.158 e. The Kier molecular flexibility index (Phi) is 2.36. The third-order valence-corrected chi connectivity index (χ3v) is 4.78. The smallest absolute Gasteiger partial charge is 0.158 e. The number of carbonyl (C=O) groups is 1. The van der Waals surface area contributed by atoms with Gasteiger partial charge in [0.05, 0.1) is 5.02 Å². The SMILES string of the molecule is CC1=C2c3ccc(O)c(Cl)c3CC2(C)CCC1=O. The molecule has 3 heteroatoms. The normalized spacial score (nSPS) is 26.3. The van der Waals surface area contributed by atoms with Crippen LogP contribution >= 0.6 is 11.6 Å².